The van der Waals surface area contributed by atoms with E-state index in [1.165, 1.54) is 6.08 Å². The van der Waals surface area contributed by atoms with Crippen LogP contribution in [0.15, 0.2) is 12.7 Å². The van der Waals surface area contributed by atoms with E-state index in [1.807, 2.05) is 0 Å². The molecule has 0 spiro atoms. The summed E-state index contributed by atoms with van der Waals surface area (Å²) in [5.74, 6) is 4.15. The highest BCUT2D eigenvalue weighted by Gasteiger charge is 2.68. The number of hydrogen-bond donors (Lipinski definition) is 1. The number of hydrogen-bond acceptors (Lipinski definition) is 1. The second kappa shape index (κ2) is 4.10. The van der Waals surface area contributed by atoms with Crippen molar-refractivity contribution in [3.8, 4) is 11.8 Å². The fraction of sp³-hybridized carbons (Fsp3) is 0.583. The third-order valence-electron chi connectivity index (χ3n) is 2.64. The molecular weight excluding hydrogens is 231 g/mol. The predicted molar refractivity (Wildman–Crippen MR) is 57.9 cm³/mol. The Hall–Kier alpha value is -1.44. The van der Waals surface area contributed by atoms with Gasteiger partial charge in [0.1, 0.15) is 5.41 Å². The summed E-state index contributed by atoms with van der Waals surface area (Å²) in [5, 5.41) is 2.32. The van der Waals surface area contributed by atoms with Gasteiger partial charge in [-0.25, -0.2) is 0 Å². The van der Waals surface area contributed by atoms with Crippen LogP contribution in [-0.4, -0.2) is 17.6 Å². The van der Waals surface area contributed by atoms with Crippen molar-refractivity contribution in [3.05, 3.63) is 12.7 Å². The molecule has 1 aliphatic rings. The molecule has 1 N–H and O–H groups in total. The van der Waals surface area contributed by atoms with Crippen LogP contribution >= 0.6 is 0 Å². The van der Waals surface area contributed by atoms with Gasteiger partial charge in [0.05, 0.1) is 5.54 Å². The first-order chi connectivity index (χ1) is 7.65. The molecule has 1 aliphatic carbocycles. The van der Waals surface area contributed by atoms with Crippen LogP contribution in [0.5, 0.6) is 0 Å². The largest absolute Gasteiger partial charge is 0.403 e. The first-order valence-corrected chi connectivity index (χ1v) is 5.18. The maximum absolute atomic E-state index is 12.7. The molecule has 2 nitrogen and oxygen atoms in total. The van der Waals surface area contributed by atoms with Crippen molar-refractivity contribution < 1.29 is 18.0 Å². The number of alkyl halides is 3. The lowest BCUT2D eigenvalue weighted by atomic mass is 10.0. The average Bonchev–Trinajstić information content (AvgIpc) is 2.93. The zero-order valence-corrected chi connectivity index (χ0v) is 9.74. The molecule has 0 radical (unpaired) electrons. The first-order valence-electron chi connectivity index (χ1n) is 5.18. The monoisotopic (exact) mass is 245 g/mol. The number of halogens is 3. The van der Waals surface area contributed by atoms with Crippen LogP contribution in [0, 0.1) is 17.3 Å². The zero-order chi connectivity index (χ0) is 13.3. The highest BCUT2D eigenvalue weighted by molar-refractivity contribution is 5.87. The van der Waals surface area contributed by atoms with Gasteiger partial charge in [-0.2, -0.15) is 13.2 Å². The first kappa shape index (κ1) is 13.6. The van der Waals surface area contributed by atoms with Crippen molar-refractivity contribution in [2.75, 3.05) is 0 Å². The lowest BCUT2D eigenvalue weighted by Gasteiger charge is -2.25. The minimum atomic E-state index is -4.49. The molecule has 17 heavy (non-hydrogen) atoms. The second-order valence-electron chi connectivity index (χ2n) is 4.63. The summed E-state index contributed by atoms with van der Waals surface area (Å²) in [5.41, 5.74) is -3.19. The third-order valence-corrected chi connectivity index (χ3v) is 2.64. The number of carbonyl (C=O) groups is 1. The normalized spacial score (nSPS) is 17.7. The molecular formula is C12H14F3NO. The van der Waals surface area contributed by atoms with Crippen molar-refractivity contribution in [1.29, 1.82) is 0 Å². The van der Waals surface area contributed by atoms with E-state index in [0.717, 1.165) is 0 Å². The zero-order valence-electron chi connectivity index (χ0n) is 9.74. The standard InChI is InChI=1S/C12H14F3NO/c1-4-5-6-10(2,3)16-9(17)11(7-8-11)12(13,14)15/h4H,1,7-8H2,2-3H3,(H,16,17). The maximum atomic E-state index is 12.7. The highest BCUT2D eigenvalue weighted by atomic mass is 19.4. The van der Waals surface area contributed by atoms with Crippen LogP contribution < -0.4 is 5.32 Å². The molecule has 0 heterocycles. The van der Waals surface area contributed by atoms with Crippen LogP contribution in [0.4, 0.5) is 13.2 Å². The summed E-state index contributed by atoms with van der Waals surface area (Å²) in [7, 11) is 0. The van der Waals surface area contributed by atoms with Crippen molar-refractivity contribution in [3.63, 3.8) is 0 Å². The van der Waals surface area contributed by atoms with E-state index in [0.29, 0.717) is 0 Å². The fourth-order valence-electron chi connectivity index (χ4n) is 1.43. The van der Waals surface area contributed by atoms with Crippen molar-refractivity contribution in [2.24, 2.45) is 5.41 Å². The minimum absolute atomic E-state index is 0.146. The van der Waals surface area contributed by atoms with Gasteiger partial charge in [0.2, 0.25) is 5.91 Å². The smallest absolute Gasteiger partial charge is 0.340 e. The molecule has 0 atom stereocenters. The number of carbonyl (C=O) groups excluding carboxylic acids is 1. The van der Waals surface area contributed by atoms with E-state index in [9.17, 15) is 18.0 Å². The van der Waals surface area contributed by atoms with Gasteiger partial charge in [0, 0.05) is 0 Å². The minimum Gasteiger partial charge on any atom is -0.340 e. The van der Waals surface area contributed by atoms with Gasteiger partial charge in [0.25, 0.3) is 0 Å². The molecule has 0 aromatic heterocycles. The molecule has 0 aromatic rings. The van der Waals surface area contributed by atoms with Crippen LogP contribution in [0.25, 0.3) is 0 Å². The van der Waals surface area contributed by atoms with Gasteiger partial charge in [-0.3, -0.25) is 4.79 Å². The Bertz CT molecular complexity index is 394. The quantitative estimate of drug-likeness (QED) is 0.744. The van der Waals surface area contributed by atoms with E-state index in [2.05, 4.69) is 23.7 Å². The molecule has 5 heteroatoms. The van der Waals surface area contributed by atoms with Crippen LogP contribution in [0.1, 0.15) is 26.7 Å². The Kier molecular flexibility index (Phi) is 3.28. The predicted octanol–water partition coefficient (Wildman–Crippen LogP) is 2.41. The van der Waals surface area contributed by atoms with Crippen molar-refractivity contribution >= 4 is 5.91 Å². The lowest BCUT2D eigenvalue weighted by molar-refractivity contribution is -0.192. The van der Waals surface area contributed by atoms with Gasteiger partial charge in [0.15, 0.2) is 0 Å². The van der Waals surface area contributed by atoms with Gasteiger partial charge in [-0.05, 0) is 32.8 Å². The number of allylic oxidation sites excluding steroid dienone is 1. The molecule has 94 valence electrons. The summed E-state index contributed by atoms with van der Waals surface area (Å²) in [6.07, 6.45) is -3.45. The number of nitrogens with one attached hydrogen (secondary N) is 1. The lowest BCUT2D eigenvalue weighted by Crippen LogP contribution is -2.49. The molecule has 0 bridgehead atoms. The van der Waals surface area contributed by atoms with E-state index in [4.69, 9.17) is 0 Å². The van der Waals surface area contributed by atoms with Gasteiger partial charge in [-0.1, -0.05) is 18.4 Å². The molecule has 0 unspecified atom stereocenters. The molecule has 0 aromatic carbocycles. The second-order valence-corrected chi connectivity index (χ2v) is 4.63. The summed E-state index contributed by atoms with van der Waals surface area (Å²) in [6.45, 7) is 6.48. The molecule has 1 rings (SSSR count). The summed E-state index contributed by atoms with van der Waals surface area (Å²) in [4.78, 5) is 11.6. The molecule has 1 amide bonds. The molecule has 1 saturated carbocycles. The SMILES string of the molecule is C=CC#CC(C)(C)NC(=O)C1(C(F)(F)F)CC1. The van der Waals surface area contributed by atoms with E-state index < -0.39 is 23.0 Å². The van der Waals surface area contributed by atoms with Crippen LogP contribution in [0.3, 0.4) is 0 Å². The molecule has 1 fully saturated rings. The summed E-state index contributed by atoms with van der Waals surface area (Å²) in [6, 6.07) is 0. The average molecular weight is 245 g/mol. The Morgan fingerprint density at radius 3 is 2.29 bits per heavy atom. The van der Waals surface area contributed by atoms with E-state index in [-0.39, 0.29) is 12.8 Å². The highest BCUT2D eigenvalue weighted by Crippen LogP contribution is 2.57. The summed E-state index contributed by atoms with van der Waals surface area (Å²) >= 11 is 0. The fourth-order valence-corrected chi connectivity index (χ4v) is 1.43. The third kappa shape index (κ3) is 2.82. The van der Waals surface area contributed by atoms with E-state index >= 15 is 0 Å². The van der Waals surface area contributed by atoms with Gasteiger partial charge in [-0.15, -0.1) is 0 Å². The van der Waals surface area contributed by atoms with Crippen LogP contribution in [0.2, 0.25) is 0 Å². The van der Waals surface area contributed by atoms with Crippen molar-refractivity contribution in [2.45, 2.75) is 38.4 Å². The van der Waals surface area contributed by atoms with E-state index in [1.54, 1.807) is 13.8 Å². The van der Waals surface area contributed by atoms with Gasteiger partial charge >= 0.3 is 6.18 Å². The summed E-state index contributed by atoms with van der Waals surface area (Å²) < 4.78 is 38.0. The topological polar surface area (TPSA) is 29.1 Å². The Morgan fingerprint density at radius 1 is 1.41 bits per heavy atom. The maximum Gasteiger partial charge on any atom is 0.403 e. The Morgan fingerprint density at radius 2 is 1.94 bits per heavy atom. The number of rotatable bonds is 2. The van der Waals surface area contributed by atoms with Crippen molar-refractivity contribution in [1.82, 2.24) is 5.32 Å². The van der Waals surface area contributed by atoms with Crippen LogP contribution in [-0.2, 0) is 4.79 Å². The van der Waals surface area contributed by atoms with Gasteiger partial charge < -0.3 is 5.32 Å². The molecule has 0 saturated heterocycles. The Balaban J connectivity index is 2.77. The molecule has 0 aliphatic heterocycles. The number of amides is 1. The Labute approximate surface area is 98.3 Å².